The summed E-state index contributed by atoms with van der Waals surface area (Å²) in [4.78, 5) is 0. The molecule has 0 spiro atoms. The smallest absolute Gasteiger partial charge is 0.0663 e. The molecule has 0 unspecified atom stereocenters. The van der Waals surface area contributed by atoms with Crippen LogP contribution in [0.3, 0.4) is 0 Å². The van der Waals surface area contributed by atoms with Gasteiger partial charge in [-0.15, -0.1) is 0 Å². The highest BCUT2D eigenvalue weighted by Crippen LogP contribution is 2.20. The minimum atomic E-state index is 0.732. The maximum absolute atomic E-state index is 5.98. The molecule has 2 aromatic rings. The van der Waals surface area contributed by atoms with Gasteiger partial charge in [-0.05, 0) is 24.6 Å². The number of halogens is 2. The van der Waals surface area contributed by atoms with Crippen molar-refractivity contribution in [1.29, 1.82) is 0 Å². The quantitative estimate of drug-likeness (QED) is 0.784. The van der Waals surface area contributed by atoms with Crippen LogP contribution in [0.2, 0.25) is 5.02 Å². The van der Waals surface area contributed by atoms with Gasteiger partial charge in [0, 0.05) is 21.6 Å². The molecule has 0 aliphatic rings. The van der Waals surface area contributed by atoms with E-state index in [2.05, 4.69) is 28.0 Å². The molecule has 0 radical (unpaired) electrons. The Morgan fingerprint density at radius 2 is 2.25 bits per heavy atom. The Labute approximate surface area is 108 Å². The average molecular weight is 300 g/mol. The van der Waals surface area contributed by atoms with Crippen LogP contribution in [0.5, 0.6) is 0 Å². The number of hydrogen-bond acceptors (Lipinski definition) is 1. The van der Waals surface area contributed by atoms with E-state index in [4.69, 9.17) is 11.6 Å². The molecule has 2 rings (SSSR count). The summed E-state index contributed by atoms with van der Waals surface area (Å²) in [7, 11) is 0. The number of hydrogen-bond donors (Lipinski definition) is 0. The van der Waals surface area contributed by atoms with Crippen LogP contribution in [-0.4, -0.2) is 9.78 Å². The molecule has 0 fully saturated rings. The Morgan fingerprint density at radius 3 is 2.88 bits per heavy atom. The van der Waals surface area contributed by atoms with Crippen molar-refractivity contribution in [3.8, 4) is 5.69 Å². The summed E-state index contributed by atoms with van der Waals surface area (Å²) in [5.74, 6) is 0. The molecule has 1 heterocycles. The molecule has 0 atom stereocenters. The van der Waals surface area contributed by atoms with Gasteiger partial charge in [0.15, 0.2) is 0 Å². The normalized spacial score (nSPS) is 10.7. The van der Waals surface area contributed by atoms with Crippen LogP contribution in [0.1, 0.15) is 18.2 Å². The maximum atomic E-state index is 5.98. The van der Waals surface area contributed by atoms with Gasteiger partial charge >= 0.3 is 0 Å². The second kappa shape index (κ2) is 5.02. The van der Waals surface area contributed by atoms with E-state index in [1.807, 2.05) is 35.1 Å². The van der Waals surface area contributed by atoms with Crippen LogP contribution in [0.25, 0.3) is 5.69 Å². The molecular formula is C12H12BrClN2. The van der Waals surface area contributed by atoms with Gasteiger partial charge < -0.3 is 0 Å². The molecule has 0 aliphatic heterocycles. The molecule has 0 N–H and O–H groups in total. The Bertz CT molecular complexity index is 494. The van der Waals surface area contributed by atoms with Gasteiger partial charge in [-0.25, -0.2) is 4.68 Å². The van der Waals surface area contributed by atoms with Crippen LogP contribution >= 0.6 is 27.5 Å². The van der Waals surface area contributed by atoms with Crippen LogP contribution in [0, 0.1) is 0 Å². The topological polar surface area (TPSA) is 17.8 Å². The van der Waals surface area contributed by atoms with Gasteiger partial charge in [-0.1, -0.05) is 40.5 Å². The van der Waals surface area contributed by atoms with Gasteiger partial charge in [-0.2, -0.15) is 5.10 Å². The minimum Gasteiger partial charge on any atom is -0.237 e. The van der Waals surface area contributed by atoms with E-state index in [0.29, 0.717) is 0 Å². The number of benzene rings is 1. The molecule has 16 heavy (non-hydrogen) atoms. The lowest BCUT2D eigenvalue weighted by molar-refractivity contribution is 0.811. The number of alkyl halides is 1. The predicted octanol–water partition coefficient (Wildman–Crippen LogP) is 3.98. The zero-order valence-corrected chi connectivity index (χ0v) is 11.3. The van der Waals surface area contributed by atoms with Crippen LogP contribution < -0.4 is 0 Å². The molecule has 0 bridgehead atoms. The first kappa shape index (κ1) is 11.7. The van der Waals surface area contributed by atoms with Crippen molar-refractivity contribution in [2.45, 2.75) is 18.7 Å². The van der Waals surface area contributed by atoms with Crippen LogP contribution in [0.4, 0.5) is 0 Å². The lowest BCUT2D eigenvalue weighted by atomic mass is 10.2. The summed E-state index contributed by atoms with van der Waals surface area (Å²) in [6.45, 7) is 2.13. The van der Waals surface area contributed by atoms with Crippen LogP contribution in [-0.2, 0) is 11.8 Å². The van der Waals surface area contributed by atoms with Gasteiger partial charge in [-0.3, -0.25) is 0 Å². The van der Waals surface area contributed by atoms with E-state index in [1.54, 1.807) is 0 Å². The van der Waals surface area contributed by atoms with E-state index < -0.39 is 0 Å². The molecular weight excluding hydrogens is 288 g/mol. The third-order valence-electron chi connectivity index (χ3n) is 2.49. The Balaban J connectivity index is 2.51. The molecule has 0 aliphatic carbocycles. The van der Waals surface area contributed by atoms with Crippen molar-refractivity contribution in [3.05, 3.63) is 46.7 Å². The lowest BCUT2D eigenvalue weighted by Crippen LogP contribution is -2.02. The number of aromatic nitrogens is 2. The zero-order chi connectivity index (χ0) is 11.5. The predicted molar refractivity (Wildman–Crippen MR) is 70.6 cm³/mol. The van der Waals surface area contributed by atoms with Crippen molar-refractivity contribution in [3.63, 3.8) is 0 Å². The summed E-state index contributed by atoms with van der Waals surface area (Å²) in [6, 6.07) is 7.74. The van der Waals surface area contributed by atoms with Crippen LogP contribution in [0.15, 0.2) is 30.5 Å². The molecule has 0 saturated carbocycles. The van der Waals surface area contributed by atoms with Gasteiger partial charge in [0.05, 0.1) is 11.9 Å². The molecule has 84 valence electrons. The first-order valence-corrected chi connectivity index (χ1v) is 6.64. The molecule has 0 saturated heterocycles. The first-order valence-electron chi connectivity index (χ1n) is 5.14. The molecule has 1 aromatic carbocycles. The second-order valence-electron chi connectivity index (χ2n) is 3.50. The van der Waals surface area contributed by atoms with Crippen molar-refractivity contribution in [1.82, 2.24) is 9.78 Å². The average Bonchev–Trinajstić information content (AvgIpc) is 2.71. The summed E-state index contributed by atoms with van der Waals surface area (Å²) < 4.78 is 1.95. The fourth-order valence-electron chi connectivity index (χ4n) is 1.73. The van der Waals surface area contributed by atoms with Crippen molar-refractivity contribution >= 4 is 27.5 Å². The summed E-state index contributed by atoms with van der Waals surface area (Å²) >= 11 is 9.45. The van der Waals surface area contributed by atoms with E-state index in [-0.39, 0.29) is 0 Å². The highest BCUT2D eigenvalue weighted by Gasteiger charge is 2.09. The van der Waals surface area contributed by atoms with Gasteiger partial charge in [0.25, 0.3) is 0 Å². The second-order valence-corrected chi connectivity index (χ2v) is 4.49. The Hall–Kier alpha value is -0.800. The fraction of sp³-hybridized carbons (Fsp3) is 0.250. The standard InChI is InChI=1S/C12H12BrClN2/c1-2-12-9(7-13)8-15-16(12)11-5-3-4-10(14)6-11/h3-6,8H,2,7H2,1H3. The largest absolute Gasteiger partial charge is 0.237 e. The van der Waals surface area contributed by atoms with E-state index >= 15 is 0 Å². The van der Waals surface area contributed by atoms with E-state index in [0.717, 1.165) is 22.5 Å². The highest BCUT2D eigenvalue weighted by molar-refractivity contribution is 9.08. The molecule has 0 amide bonds. The highest BCUT2D eigenvalue weighted by atomic mass is 79.9. The third kappa shape index (κ3) is 2.15. The van der Waals surface area contributed by atoms with Crippen molar-refractivity contribution in [2.75, 3.05) is 0 Å². The Kier molecular flexibility index (Phi) is 3.66. The van der Waals surface area contributed by atoms with Gasteiger partial charge in [0.2, 0.25) is 0 Å². The number of nitrogens with zero attached hydrogens (tertiary/aromatic N) is 2. The minimum absolute atomic E-state index is 0.732. The zero-order valence-electron chi connectivity index (χ0n) is 8.95. The van der Waals surface area contributed by atoms with Crippen molar-refractivity contribution in [2.24, 2.45) is 0 Å². The van der Waals surface area contributed by atoms with Gasteiger partial charge in [0.1, 0.15) is 0 Å². The maximum Gasteiger partial charge on any atom is 0.0663 e. The summed E-state index contributed by atoms with van der Waals surface area (Å²) in [6.07, 6.45) is 2.85. The Morgan fingerprint density at radius 1 is 1.44 bits per heavy atom. The summed E-state index contributed by atoms with van der Waals surface area (Å²) in [5.41, 5.74) is 3.46. The van der Waals surface area contributed by atoms with E-state index in [9.17, 15) is 0 Å². The molecule has 1 aromatic heterocycles. The monoisotopic (exact) mass is 298 g/mol. The first-order chi connectivity index (χ1) is 7.76. The number of rotatable bonds is 3. The SMILES string of the molecule is CCc1c(CBr)cnn1-c1cccc(Cl)c1. The molecule has 4 heteroatoms. The van der Waals surface area contributed by atoms with E-state index in [1.165, 1.54) is 11.3 Å². The third-order valence-corrected chi connectivity index (χ3v) is 3.33. The molecule has 2 nitrogen and oxygen atoms in total. The van der Waals surface area contributed by atoms with Crippen molar-refractivity contribution < 1.29 is 0 Å². The fourth-order valence-corrected chi connectivity index (χ4v) is 2.38. The lowest BCUT2D eigenvalue weighted by Gasteiger charge is -2.07. The summed E-state index contributed by atoms with van der Waals surface area (Å²) in [5, 5.41) is 5.96.